The van der Waals surface area contributed by atoms with Crippen molar-refractivity contribution < 1.29 is 4.39 Å². The summed E-state index contributed by atoms with van der Waals surface area (Å²) in [6.07, 6.45) is 1.82. The minimum absolute atomic E-state index is 0.158. The maximum Gasteiger partial charge on any atom is 0.182 e. The van der Waals surface area contributed by atoms with E-state index in [-0.39, 0.29) is 15.5 Å². The van der Waals surface area contributed by atoms with Crippen molar-refractivity contribution in [3.63, 3.8) is 0 Å². The molecule has 0 aliphatic carbocycles. The minimum Gasteiger partial charge on any atom is -0.337 e. The van der Waals surface area contributed by atoms with E-state index in [9.17, 15) is 4.39 Å². The smallest absolute Gasteiger partial charge is 0.182 e. The standard InChI is InChI=1S/C13H13Cl2FN2S/c1-13(2,3)10-6-17-12(19)18(10)11-8(14)4-7(16)5-9(11)15/h4-6H,1-3H3,(H,17,19). The van der Waals surface area contributed by atoms with E-state index in [1.54, 1.807) is 4.57 Å². The SMILES string of the molecule is CC(C)(C)c1c[nH]c(=S)n1-c1c(Cl)cc(F)cc1Cl. The van der Waals surface area contributed by atoms with E-state index >= 15 is 0 Å². The zero-order chi connectivity index (χ0) is 14.4. The van der Waals surface area contributed by atoms with Crippen LogP contribution in [0.1, 0.15) is 26.5 Å². The highest BCUT2D eigenvalue weighted by Gasteiger charge is 2.23. The largest absolute Gasteiger partial charge is 0.337 e. The second-order valence-corrected chi connectivity index (χ2v) is 6.48. The van der Waals surface area contributed by atoms with Gasteiger partial charge in [0.1, 0.15) is 5.82 Å². The Kier molecular flexibility index (Phi) is 3.78. The van der Waals surface area contributed by atoms with Crippen LogP contribution >= 0.6 is 35.4 Å². The van der Waals surface area contributed by atoms with Gasteiger partial charge in [-0.1, -0.05) is 44.0 Å². The topological polar surface area (TPSA) is 20.7 Å². The van der Waals surface area contributed by atoms with Crippen LogP contribution in [-0.4, -0.2) is 9.55 Å². The Morgan fingerprint density at radius 2 is 1.74 bits per heavy atom. The Bertz CT molecular complexity index is 660. The van der Waals surface area contributed by atoms with E-state index in [1.807, 2.05) is 27.0 Å². The molecule has 1 N–H and O–H groups in total. The zero-order valence-electron chi connectivity index (χ0n) is 10.7. The average Bonchev–Trinajstić information content (AvgIpc) is 2.59. The van der Waals surface area contributed by atoms with Crippen molar-refractivity contribution in [2.75, 3.05) is 0 Å². The van der Waals surface area contributed by atoms with Crippen molar-refractivity contribution >= 4 is 35.4 Å². The molecule has 0 bridgehead atoms. The average molecular weight is 319 g/mol. The van der Waals surface area contributed by atoms with Gasteiger partial charge in [0.05, 0.1) is 15.7 Å². The van der Waals surface area contributed by atoms with Crippen molar-refractivity contribution in [3.05, 3.63) is 44.7 Å². The van der Waals surface area contributed by atoms with Crippen molar-refractivity contribution in [3.8, 4) is 5.69 Å². The van der Waals surface area contributed by atoms with Crippen LogP contribution in [0.15, 0.2) is 18.3 Å². The molecule has 0 aliphatic heterocycles. The molecule has 1 heterocycles. The third-order valence-electron chi connectivity index (χ3n) is 2.75. The zero-order valence-corrected chi connectivity index (χ0v) is 13.0. The highest BCUT2D eigenvalue weighted by atomic mass is 35.5. The van der Waals surface area contributed by atoms with Crippen LogP contribution < -0.4 is 0 Å². The number of hydrogen-bond donors (Lipinski definition) is 1. The van der Waals surface area contributed by atoms with Crippen LogP contribution in [-0.2, 0) is 5.41 Å². The lowest BCUT2D eigenvalue weighted by Crippen LogP contribution is -2.17. The summed E-state index contributed by atoms with van der Waals surface area (Å²) in [5, 5.41) is 0.456. The molecule has 0 saturated carbocycles. The predicted octanol–water partition coefficient (Wildman–Crippen LogP) is 5.28. The summed E-state index contributed by atoms with van der Waals surface area (Å²) in [5.41, 5.74) is 1.27. The highest BCUT2D eigenvalue weighted by Crippen LogP contribution is 2.34. The number of benzene rings is 1. The Morgan fingerprint density at radius 3 is 2.21 bits per heavy atom. The normalized spacial score (nSPS) is 11.9. The fourth-order valence-corrected chi connectivity index (χ4v) is 2.77. The predicted molar refractivity (Wildman–Crippen MR) is 79.6 cm³/mol. The molecular weight excluding hydrogens is 306 g/mol. The first-order valence-electron chi connectivity index (χ1n) is 5.67. The highest BCUT2D eigenvalue weighted by molar-refractivity contribution is 7.71. The first-order valence-corrected chi connectivity index (χ1v) is 6.84. The molecule has 2 nitrogen and oxygen atoms in total. The maximum absolute atomic E-state index is 13.3. The Hall–Kier alpha value is -0.840. The summed E-state index contributed by atoms with van der Waals surface area (Å²) in [6, 6.07) is 2.45. The third-order valence-corrected chi connectivity index (χ3v) is 3.63. The molecule has 102 valence electrons. The van der Waals surface area contributed by atoms with Gasteiger partial charge in [-0.15, -0.1) is 0 Å². The number of nitrogens with one attached hydrogen (secondary N) is 1. The van der Waals surface area contributed by atoms with Crippen molar-refractivity contribution in [2.24, 2.45) is 0 Å². The number of halogens is 3. The van der Waals surface area contributed by atoms with E-state index in [2.05, 4.69) is 4.98 Å². The molecule has 2 aromatic rings. The first-order chi connectivity index (χ1) is 8.71. The van der Waals surface area contributed by atoms with Crippen LogP contribution in [0.2, 0.25) is 10.0 Å². The maximum atomic E-state index is 13.3. The fourth-order valence-electron chi connectivity index (χ4n) is 1.89. The third kappa shape index (κ3) is 2.71. The van der Waals surface area contributed by atoms with Gasteiger partial charge in [0.25, 0.3) is 0 Å². The Morgan fingerprint density at radius 1 is 1.21 bits per heavy atom. The fraction of sp³-hybridized carbons (Fsp3) is 0.308. The number of nitrogens with zero attached hydrogens (tertiary/aromatic N) is 1. The second kappa shape index (κ2) is 4.93. The molecule has 19 heavy (non-hydrogen) atoms. The van der Waals surface area contributed by atoms with E-state index in [0.29, 0.717) is 10.5 Å². The van der Waals surface area contributed by atoms with E-state index in [0.717, 1.165) is 5.69 Å². The molecule has 1 aromatic carbocycles. The summed E-state index contributed by atoms with van der Waals surface area (Å²) in [7, 11) is 0. The van der Waals surface area contributed by atoms with Crippen LogP contribution in [0.5, 0.6) is 0 Å². The van der Waals surface area contributed by atoms with Crippen LogP contribution in [0.3, 0.4) is 0 Å². The van der Waals surface area contributed by atoms with Gasteiger partial charge in [0.15, 0.2) is 4.77 Å². The molecule has 1 aromatic heterocycles. The molecule has 6 heteroatoms. The summed E-state index contributed by atoms with van der Waals surface area (Å²) >= 11 is 17.5. The lowest BCUT2D eigenvalue weighted by Gasteiger charge is -2.22. The van der Waals surface area contributed by atoms with Crippen molar-refractivity contribution in [1.29, 1.82) is 0 Å². The van der Waals surface area contributed by atoms with Gasteiger partial charge in [0, 0.05) is 17.3 Å². The number of aromatic nitrogens is 2. The molecule has 2 rings (SSSR count). The first kappa shape index (κ1) is 14.6. The molecule has 0 amide bonds. The summed E-state index contributed by atoms with van der Waals surface area (Å²) in [4.78, 5) is 2.98. The monoisotopic (exact) mass is 318 g/mol. The van der Waals surface area contributed by atoms with Crippen molar-refractivity contribution in [1.82, 2.24) is 9.55 Å². The van der Waals surface area contributed by atoms with E-state index in [1.165, 1.54) is 12.1 Å². The van der Waals surface area contributed by atoms with Crippen LogP contribution in [0.25, 0.3) is 5.69 Å². The lowest BCUT2D eigenvalue weighted by atomic mass is 9.92. The molecule has 0 aliphatic rings. The summed E-state index contributed by atoms with van der Waals surface area (Å²) in [5.74, 6) is -0.474. The summed E-state index contributed by atoms with van der Waals surface area (Å²) in [6.45, 7) is 6.15. The van der Waals surface area contributed by atoms with Gasteiger partial charge in [-0.05, 0) is 24.4 Å². The Balaban J connectivity index is 2.81. The quantitative estimate of drug-likeness (QED) is 0.709. The second-order valence-electron chi connectivity index (χ2n) is 5.28. The molecule has 0 radical (unpaired) electrons. The van der Waals surface area contributed by atoms with Gasteiger partial charge in [0.2, 0.25) is 0 Å². The molecule has 0 fully saturated rings. The van der Waals surface area contributed by atoms with E-state index < -0.39 is 5.82 Å². The molecule has 0 atom stereocenters. The molecule has 0 unspecified atom stereocenters. The van der Waals surface area contributed by atoms with Gasteiger partial charge in [-0.2, -0.15) is 0 Å². The van der Waals surface area contributed by atoms with Crippen molar-refractivity contribution in [2.45, 2.75) is 26.2 Å². The number of imidazole rings is 1. The number of H-pyrrole nitrogens is 1. The van der Waals surface area contributed by atoms with Gasteiger partial charge < -0.3 is 4.98 Å². The lowest BCUT2D eigenvalue weighted by molar-refractivity contribution is 0.555. The number of aromatic amines is 1. The van der Waals surface area contributed by atoms with Gasteiger partial charge >= 0.3 is 0 Å². The van der Waals surface area contributed by atoms with E-state index in [4.69, 9.17) is 35.4 Å². The van der Waals surface area contributed by atoms with Gasteiger partial charge in [-0.3, -0.25) is 4.57 Å². The minimum atomic E-state index is -0.474. The molecule has 0 spiro atoms. The van der Waals surface area contributed by atoms with Gasteiger partial charge in [-0.25, -0.2) is 4.39 Å². The molecular formula is C13H13Cl2FN2S. The number of rotatable bonds is 1. The number of hydrogen-bond acceptors (Lipinski definition) is 1. The summed E-state index contributed by atoms with van der Waals surface area (Å²) < 4.78 is 15.5. The Labute approximate surface area is 126 Å². The van der Waals surface area contributed by atoms with Crippen LogP contribution in [0.4, 0.5) is 4.39 Å². The van der Waals surface area contributed by atoms with Crippen LogP contribution in [0, 0.1) is 10.6 Å². The molecule has 0 saturated heterocycles.